The number of aryl methyl sites for hydroxylation is 3. The van der Waals surface area contributed by atoms with Crippen LogP contribution in [0.2, 0.25) is 5.15 Å². The lowest BCUT2D eigenvalue weighted by Crippen LogP contribution is -2.08. The lowest BCUT2D eigenvalue weighted by Gasteiger charge is -2.17. The van der Waals surface area contributed by atoms with Gasteiger partial charge in [0.2, 0.25) is 0 Å². The number of aromatic nitrogens is 1. The fourth-order valence-corrected chi connectivity index (χ4v) is 2.87. The normalized spacial score (nSPS) is 17.3. The van der Waals surface area contributed by atoms with Gasteiger partial charge in [-0.15, -0.1) is 0 Å². The highest BCUT2D eigenvalue weighted by Gasteiger charge is 2.22. The second-order valence-corrected chi connectivity index (χ2v) is 5.65. The van der Waals surface area contributed by atoms with Crippen molar-refractivity contribution in [3.05, 3.63) is 57.9 Å². The van der Waals surface area contributed by atoms with E-state index in [-0.39, 0.29) is 0 Å². The van der Waals surface area contributed by atoms with Crippen LogP contribution in [0.5, 0.6) is 0 Å². The first-order valence-electron chi connectivity index (χ1n) is 6.61. The number of hydrogen-bond acceptors (Lipinski definition) is 2. The second kappa shape index (κ2) is 4.86. The minimum absolute atomic E-state index is 0.344. The summed E-state index contributed by atoms with van der Waals surface area (Å²) in [5, 5.41) is 4.09. The maximum Gasteiger partial charge on any atom is 0.152 e. The van der Waals surface area contributed by atoms with Gasteiger partial charge in [0.1, 0.15) is 0 Å². The van der Waals surface area contributed by atoms with E-state index in [1.54, 1.807) is 6.20 Å². The maximum atomic E-state index is 6.16. The van der Waals surface area contributed by atoms with Gasteiger partial charge < -0.3 is 5.32 Å². The molecular weight excluding hydrogens is 256 g/mol. The Labute approximate surface area is 118 Å². The number of nitrogens with zero attached hydrogens (tertiary/aromatic N) is 1. The minimum atomic E-state index is 0.344. The summed E-state index contributed by atoms with van der Waals surface area (Å²) in [6, 6.07) is 9.10. The van der Waals surface area contributed by atoms with Crippen molar-refractivity contribution in [2.45, 2.75) is 32.7 Å². The predicted molar refractivity (Wildman–Crippen MR) is 79.8 cm³/mol. The molecule has 0 bridgehead atoms. The van der Waals surface area contributed by atoms with Crippen LogP contribution in [0.3, 0.4) is 0 Å². The van der Waals surface area contributed by atoms with Crippen LogP contribution in [0.15, 0.2) is 30.5 Å². The number of anilines is 1. The van der Waals surface area contributed by atoms with E-state index < -0.39 is 0 Å². The molecule has 1 N–H and O–H groups in total. The van der Waals surface area contributed by atoms with Crippen LogP contribution in [0.1, 0.15) is 34.7 Å². The zero-order valence-electron chi connectivity index (χ0n) is 11.2. The zero-order valence-corrected chi connectivity index (χ0v) is 12.0. The molecule has 1 aliphatic rings. The molecule has 0 aliphatic heterocycles. The first kappa shape index (κ1) is 12.5. The third-order valence-electron chi connectivity index (χ3n) is 3.68. The van der Waals surface area contributed by atoms with Crippen molar-refractivity contribution in [2.75, 3.05) is 5.32 Å². The Balaban J connectivity index is 1.90. The topological polar surface area (TPSA) is 24.9 Å². The number of fused-ring (bicyclic) bond motifs is 1. The summed E-state index contributed by atoms with van der Waals surface area (Å²) in [6.45, 7) is 4.16. The Kier molecular flexibility index (Phi) is 3.19. The van der Waals surface area contributed by atoms with E-state index in [0.29, 0.717) is 11.2 Å². The van der Waals surface area contributed by atoms with Crippen LogP contribution in [-0.4, -0.2) is 4.98 Å². The molecule has 0 saturated carbocycles. The Morgan fingerprint density at radius 3 is 2.89 bits per heavy atom. The summed E-state index contributed by atoms with van der Waals surface area (Å²) < 4.78 is 0. The van der Waals surface area contributed by atoms with E-state index in [1.165, 1.54) is 16.7 Å². The van der Waals surface area contributed by atoms with Gasteiger partial charge in [0, 0.05) is 6.20 Å². The Morgan fingerprint density at radius 1 is 1.21 bits per heavy atom. The molecule has 1 aromatic heterocycles. The number of halogens is 1. The average molecular weight is 273 g/mol. The van der Waals surface area contributed by atoms with Gasteiger partial charge in [-0.3, -0.25) is 0 Å². The van der Waals surface area contributed by atoms with Crippen molar-refractivity contribution in [3.8, 4) is 0 Å². The quantitative estimate of drug-likeness (QED) is 0.817. The van der Waals surface area contributed by atoms with Crippen LogP contribution in [0.25, 0.3) is 0 Å². The number of pyridine rings is 1. The van der Waals surface area contributed by atoms with Crippen molar-refractivity contribution < 1.29 is 0 Å². The first-order chi connectivity index (χ1) is 9.13. The third kappa shape index (κ3) is 2.45. The Morgan fingerprint density at radius 2 is 2.05 bits per heavy atom. The number of benzene rings is 1. The zero-order chi connectivity index (χ0) is 13.4. The van der Waals surface area contributed by atoms with Crippen molar-refractivity contribution in [2.24, 2.45) is 0 Å². The van der Waals surface area contributed by atoms with Crippen LogP contribution >= 0.6 is 11.6 Å². The summed E-state index contributed by atoms with van der Waals surface area (Å²) in [4.78, 5) is 4.20. The summed E-state index contributed by atoms with van der Waals surface area (Å²) in [5.41, 5.74) is 6.20. The monoisotopic (exact) mass is 272 g/mol. The second-order valence-electron chi connectivity index (χ2n) is 5.29. The molecule has 0 fully saturated rings. The maximum absolute atomic E-state index is 6.16. The molecule has 2 nitrogen and oxygen atoms in total. The summed E-state index contributed by atoms with van der Waals surface area (Å²) >= 11 is 6.16. The summed E-state index contributed by atoms with van der Waals surface area (Å²) in [6.07, 6.45) is 4.04. The summed E-state index contributed by atoms with van der Waals surface area (Å²) in [5.74, 6) is 0. The molecule has 19 heavy (non-hydrogen) atoms. The molecule has 1 aromatic carbocycles. The standard InChI is InChI=1S/C16H17ClN2/c1-10-3-4-12-5-6-14(13(12)7-10)19-15-8-11(2)9-18-16(15)17/h3-4,7-9,14,19H,5-6H2,1-2H3. The highest BCUT2D eigenvalue weighted by atomic mass is 35.5. The minimum Gasteiger partial charge on any atom is -0.376 e. The molecule has 3 rings (SSSR count). The van der Waals surface area contributed by atoms with Crippen molar-refractivity contribution in [1.82, 2.24) is 4.98 Å². The molecule has 1 aliphatic carbocycles. The molecule has 0 amide bonds. The van der Waals surface area contributed by atoms with Crippen molar-refractivity contribution in [1.29, 1.82) is 0 Å². The van der Waals surface area contributed by atoms with Gasteiger partial charge in [-0.2, -0.15) is 0 Å². The van der Waals surface area contributed by atoms with Crippen LogP contribution in [0.4, 0.5) is 5.69 Å². The van der Waals surface area contributed by atoms with Gasteiger partial charge in [0.05, 0.1) is 11.7 Å². The predicted octanol–water partition coefficient (Wildman–Crippen LogP) is 4.45. The fraction of sp³-hybridized carbons (Fsp3) is 0.312. The molecular formula is C16H17ClN2. The number of rotatable bonds is 2. The molecule has 0 spiro atoms. The largest absolute Gasteiger partial charge is 0.376 e. The fourth-order valence-electron chi connectivity index (χ4n) is 2.71. The molecule has 0 radical (unpaired) electrons. The van der Waals surface area contributed by atoms with Crippen LogP contribution in [-0.2, 0) is 6.42 Å². The van der Waals surface area contributed by atoms with E-state index in [1.807, 2.05) is 6.92 Å². The van der Waals surface area contributed by atoms with Crippen molar-refractivity contribution in [3.63, 3.8) is 0 Å². The van der Waals surface area contributed by atoms with Gasteiger partial charge in [-0.1, -0.05) is 35.4 Å². The third-order valence-corrected chi connectivity index (χ3v) is 3.99. The van der Waals surface area contributed by atoms with Gasteiger partial charge in [0.15, 0.2) is 5.15 Å². The molecule has 3 heteroatoms. The highest BCUT2D eigenvalue weighted by molar-refractivity contribution is 6.32. The first-order valence-corrected chi connectivity index (χ1v) is 6.99. The van der Waals surface area contributed by atoms with Gasteiger partial charge in [-0.05, 0) is 49.4 Å². The highest BCUT2D eigenvalue weighted by Crippen LogP contribution is 2.35. The molecule has 1 heterocycles. The van der Waals surface area contributed by atoms with Gasteiger partial charge in [0.25, 0.3) is 0 Å². The SMILES string of the molecule is Cc1cnc(Cl)c(NC2CCc3ccc(C)cc32)c1. The van der Waals surface area contributed by atoms with Crippen LogP contribution < -0.4 is 5.32 Å². The molecule has 98 valence electrons. The van der Waals surface area contributed by atoms with Gasteiger partial charge in [-0.25, -0.2) is 4.98 Å². The Hall–Kier alpha value is -1.54. The molecule has 1 atom stereocenters. The van der Waals surface area contributed by atoms with E-state index in [9.17, 15) is 0 Å². The van der Waals surface area contributed by atoms with E-state index >= 15 is 0 Å². The van der Waals surface area contributed by atoms with E-state index in [2.05, 4.69) is 41.5 Å². The summed E-state index contributed by atoms with van der Waals surface area (Å²) in [7, 11) is 0. The smallest absolute Gasteiger partial charge is 0.152 e. The van der Waals surface area contributed by atoms with E-state index in [4.69, 9.17) is 11.6 Å². The van der Waals surface area contributed by atoms with Crippen molar-refractivity contribution >= 4 is 17.3 Å². The van der Waals surface area contributed by atoms with Crippen LogP contribution in [0, 0.1) is 13.8 Å². The average Bonchev–Trinajstić information content (AvgIpc) is 2.77. The van der Waals surface area contributed by atoms with E-state index in [0.717, 1.165) is 24.1 Å². The number of hydrogen-bond donors (Lipinski definition) is 1. The number of nitrogens with one attached hydrogen (secondary N) is 1. The lowest BCUT2D eigenvalue weighted by atomic mass is 10.0. The van der Waals surface area contributed by atoms with Gasteiger partial charge >= 0.3 is 0 Å². The molecule has 1 unspecified atom stereocenters. The molecule has 2 aromatic rings. The lowest BCUT2D eigenvalue weighted by molar-refractivity contribution is 0.761. The Bertz CT molecular complexity index is 622. The molecule has 0 saturated heterocycles.